The molecule has 0 saturated heterocycles. The van der Waals surface area contributed by atoms with Crippen molar-refractivity contribution in [1.82, 2.24) is 0 Å². The van der Waals surface area contributed by atoms with E-state index in [1.54, 1.807) is 0 Å². The second-order valence-corrected chi connectivity index (χ2v) is 3.68. The summed E-state index contributed by atoms with van der Waals surface area (Å²) >= 11 is 0. The smallest absolute Gasteiger partial charge is 0.336 e. The molecule has 1 aromatic carbocycles. The van der Waals surface area contributed by atoms with Gasteiger partial charge >= 0.3 is 5.97 Å². The summed E-state index contributed by atoms with van der Waals surface area (Å²) < 4.78 is 4.93. The van der Waals surface area contributed by atoms with Crippen LogP contribution in [-0.2, 0) is 0 Å². The molecule has 19 heavy (non-hydrogen) atoms. The van der Waals surface area contributed by atoms with Gasteiger partial charge in [-0.05, 0) is 23.7 Å². The van der Waals surface area contributed by atoms with E-state index in [0.29, 0.717) is 5.75 Å². The predicted octanol–water partition coefficient (Wildman–Crippen LogP) is 1.10. The molecule has 0 saturated carbocycles. The lowest BCUT2D eigenvalue weighted by Gasteiger charge is -2.18. The van der Waals surface area contributed by atoms with E-state index in [-0.39, 0.29) is 17.7 Å². The third-order valence-corrected chi connectivity index (χ3v) is 2.50. The van der Waals surface area contributed by atoms with Crippen LogP contribution in [0.5, 0.6) is 5.75 Å². The first kappa shape index (κ1) is 14.8. The summed E-state index contributed by atoms with van der Waals surface area (Å²) in [7, 11) is 1.39. The molecule has 0 bridgehead atoms. The molecule has 8 heteroatoms. The van der Waals surface area contributed by atoms with Gasteiger partial charge in [-0.3, -0.25) is 0 Å². The first-order chi connectivity index (χ1) is 9.01. The summed E-state index contributed by atoms with van der Waals surface area (Å²) in [6.07, 6.45) is -2.90. The maximum atomic E-state index is 11.0. The van der Waals surface area contributed by atoms with Gasteiger partial charge in [0.15, 0.2) is 0 Å². The minimum Gasteiger partial charge on any atom is -0.497 e. The van der Waals surface area contributed by atoms with Crippen LogP contribution in [0.4, 0.5) is 0 Å². The van der Waals surface area contributed by atoms with E-state index < -0.39 is 18.2 Å². The fraction of sp³-hybridized carbons (Fsp3) is 0.364. The van der Waals surface area contributed by atoms with Gasteiger partial charge in [-0.1, -0.05) is 5.11 Å². The van der Waals surface area contributed by atoms with E-state index in [1.165, 1.54) is 25.3 Å². The van der Waals surface area contributed by atoms with E-state index >= 15 is 0 Å². The topological polar surface area (TPSA) is 136 Å². The number of hydrogen-bond donors (Lipinski definition) is 3. The number of benzene rings is 1. The van der Waals surface area contributed by atoms with Crippen molar-refractivity contribution >= 4 is 5.97 Å². The third kappa shape index (κ3) is 3.59. The average Bonchev–Trinajstić information content (AvgIpc) is 2.42. The molecule has 0 aliphatic heterocycles. The van der Waals surface area contributed by atoms with Gasteiger partial charge in [0.1, 0.15) is 11.9 Å². The Bertz CT molecular complexity index is 513. The molecule has 0 spiro atoms. The first-order valence-electron chi connectivity index (χ1n) is 5.29. The van der Waals surface area contributed by atoms with E-state index in [4.69, 9.17) is 15.4 Å². The molecule has 3 N–H and O–H groups in total. The second-order valence-electron chi connectivity index (χ2n) is 3.68. The third-order valence-electron chi connectivity index (χ3n) is 2.50. The summed E-state index contributed by atoms with van der Waals surface area (Å²) in [6, 6.07) is 4.01. The molecule has 8 nitrogen and oxygen atoms in total. The second kappa shape index (κ2) is 6.60. The number of rotatable bonds is 6. The Morgan fingerprint density at radius 2 is 2.21 bits per heavy atom. The Morgan fingerprint density at radius 1 is 1.53 bits per heavy atom. The maximum Gasteiger partial charge on any atom is 0.336 e. The Labute approximate surface area is 108 Å². The van der Waals surface area contributed by atoms with Crippen LogP contribution in [0.2, 0.25) is 0 Å². The molecule has 1 aromatic rings. The Morgan fingerprint density at radius 3 is 2.74 bits per heavy atom. The molecule has 0 fully saturated rings. The number of aromatic carboxylic acids is 1. The SMILES string of the molecule is COc1ccc(C(=O)O)c(C(O)C(O)CN=[N+]=[N-])c1. The van der Waals surface area contributed by atoms with Gasteiger partial charge < -0.3 is 20.1 Å². The quantitative estimate of drug-likeness (QED) is 0.402. The van der Waals surface area contributed by atoms with E-state index in [2.05, 4.69) is 10.0 Å². The Kier molecular flexibility index (Phi) is 5.13. The van der Waals surface area contributed by atoms with Crippen LogP contribution < -0.4 is 4.74 Å². The number of azide groups is 1. The fourth-order valence-electron chi connectivity index (χ4n) is 1.53. The number of carboxylic acids is 1. The molecule has 0 aliphatic carbocycles. The Balaban J connectivity index is 3.14. The summed E-state index contributed by atoms with van der Waals surface area (Å²) in [6.45, 7) is -0.367. The van der Waals surface area contributed by atoms with Crippen LogP contribution in [0.1, 0.15) is 22.0 Å². The van der Waals surface area contributed by atoms with Crippen LogP contribution in [0.15, 0.2) is 23.3 Å². The summed E-state index contributed by atoms with van der Waals surface area (Å²) in [5.74, 6) is -0.900. The largest absolute Gasteiger partial charge is 0.497 e. The van der Waals surface area contributed by atoms with E-state index in [0.717, 1.165) is 0 Å². The van der Waals surface area contributed by atoms with Crippen molar-refractivity contribution in [3.63, 3.8) is 0 Å². The van der Waals surface area contributed by atoms with Crippen molar-refractivity contribution in [2.75, 3.05) is 13.7 Å². The number of ether oxygens (including phenoxy) is 1. The number of methoxy groups -OCH3 is 1. The van der Waals surface area contributed by atoms with Crippen LogP contribution >= 0.6 is 0 Å². The first-order valence-corrected chi connectivity index (χ1v) is 5.29. The highest BCUT2D eigenvalue weighted by Gasteiger charge is 2.23. The van der Waals surface area contributed by atoms with Crippen LogP contribution in [0.25, 0.3) is 10.4 Å². The van der Waals surface area contributed by atoms with Crippen molar-refractivity contribution in [2.45, 2.75) is 12.2 Å². The summed E-state index contributed by atoms with van der Waals surface area (Å²) in [5, 5.41) is 31.7. The minimum absolute atomic E-state index is 0.00695. The number of carboxylic acid groups (broad SMARTS) is 1. The molecule has 0 heterocycles. The van der Waals surface area contributed by atoms with Crippen molar-refractivity contribution in [3.8, 4) is 5.75 Å². The van der Waals surface area contributed by atoms with Gasteiger partial charge in [0, 0.05) is 10.5 Å². The van der Waals surface area contributed by atoms with Crippen molar-refractivity contribution in [1.29, 1.82) is 0 Å². The molecule has 2 atom stereocenters. The lowest BCUT2D eigenvalue weighted by atomic mass is 9.98. The van der Waals surface area contributed by atoms with Crippen LogP contribution in [0, 0.1) is 0 Å². The number of carbonyl (C=O) groups is 1. The lowest BCUT2D eigenvalue weighted by molar-refractivity contribution is 0.0231. The van der Waals surface area contributed by atoms with Gasteiger partial charge in [0.2, 0.25) is 0 Å². The Hall–Kier alpha value is -2.28. The predicted molar refractivity (Wildman–Crippen MR) is 64.9 cm³/mol. The minimum atomic E-state index is -1.49. The van der Waals surface area contributed by atoms with Crippen LogP contribution in [-0.4, -0.2) is 41.0 Å². The molecular weight excluding hydrogens is 254 g/mol. The maximum absolute atomic E-state index is 11.0. The number of aliphatic hydroxyl groups excluding tert-OH is 2. The highest BCUT2D eigenvalue weighted by atomic mass is 16.5. The van der Waals surface area contributed by atoms with E-state index in [9.17, 15) is 15.0 Å². The zero-order valence-corrected chi connectivity index (χ0v) is 10.1. The molecule has 102 valence electrons. The molecule has 0 aromatic heterocycles. The highest BCUT2D eigenvalue weighted by molar-refractivity contribution is 5.89. The molecule has 1 rings (SSSR count). The van der Waals surface area contributed by atoms with Crippen molar-refractivity contribution < 1.29 is 24.9 Å². The number of hydrogen-bond acceptors (Lipinski definition) is 5. The fourth-order valence-corrected chi connectivity index (χ4v) is 1.53. The van der Waals surface area contributed by atoms with Gasteiger partial charge in [0.05, 0.1) is 25.3 Å². The van der Waals surface area contributed by atoms with Gasteiger partial charge in [-0.15, -0.1) is 0 Å². The average molecular weight is 267 g/mol. The summed E-state index contributed by atoms with van der Waals surface area (Å²) in [5.41, 5.74) is 7.98. The van der Waals surface area contributed by atoms with Crippen molar-refractivity contribution in [3.05, 3.63) is 39.8 Å². The van der Waals surface area contributed by atoms with Gasteiger partial charge in [-0.2, -0.15) is 0 Å². The molecular formula is C11H13N3O5. The molecule has 0 aliphatic rings. The standard InChI is InChI=1S/C11H13N3O5/c1-19-6-2-3-7(11(17)18)8(4-6)10(16)9(15)5-13-14-12/h2-4,9-10,15-16H,5H2,1H3,(H,17,18). The molecule has 2 unspecified atom stereocenters. The zero-order valence-electron chi connectivity index (χ0n) is 10.1. The van der Waals surface area contributed by atoms with Crippen LogP contribution in [0.3, 0.4) is 0 Å². The van der Waals surface area contributed by atoms with Gasteiger partial charge in [-0.25, -0.2) is 4.79 Å². The monoisotopic (exact) mass is 267 g/mol. The molecule has 0 amide bonds. The van der Waals surface area contributed by atoms with E-state index in [1.807, 2.05) is 0 Å². The zero-order chi connectivity index (χ0) is 14.4. The number of nitrogens with zero attached hydrogens (tertiary/aromatic N) is 3. The number of aliphatic hydroxyl groups is 2. The van der Waals surface area contributed by atoms with Crippen molar-refractivity contribution in [2.24, 2.45) is 5.11 Å². The highest BCUT2D eigenvalue weighted by Crippen LogP contribution is 2.26. The summed E-state index contributed by atoms with van der Waals surface area (Å²) in [4.78, 5) is 13.5. The molecule has 0 radical (unpaired) electrons. The normalized spacial score (nSPS) is 13.2. The lowest BCUT2D eigenvalue weighted by Crippen LogP contribution is -2.23. The van der Waals surface area contributed by atoms with Gasteiger partial charge in [0.25, 0.3) is 0 Å².